The van der Waals surface area contributed by atoms with Crippen molar-refractivity contribution in [1.29, 1.82) is 0 Å². The topological polar surface area (TPSA) is 173 Å². The van der Waals surface area contributed by atoms with Gasteiger partial charge >= 0.3 is 11.9 Å². The van der Waals surface area contributed by atoms with E-state index in [1.165, 1.54) is 23.8 Å². The van der Waals surface area contributed by atoms with Gasteiger partial charge in [0.15, 0.2) is 0 Å². The van der Waals surface area contributed by atoms with Crippen molar-refractivity contribution >= 4 is 17.6 Å². The number of phenolic OH excluding ortho intramolecular Hbond substituents is 2. The van der Waals surface area contributed by atoms with Gasteiger partial charge in [-0.3, -0.25) is 0 Å². The molecule has 0 saturated carbocycles. The average molecular weight is 418 g/mol. The van der Waals surface area contributed by atoms with E-state index in [0.29, 0.717) is 24.3 Å². The zero-order valence-corrected chi connectivity index (χ0v) is 16.4. The number of hydrogen-bond donors (Lipinski definition) is 7. The predicted octanol–water partition coefficient (Wildman–Crippen LogP) is 1.65. The van der Waals surface area contributed by atoms with Crippen LogP contribution in [0.25, 0.3) is 0 Å². The highest BCUT2D eigenvalue weighted by Crippen LogP contribution is 2.24. The van der Waals surface area contributed by atoms with E-state index in [2.05, 4.69) is 5.32 Å². The minimum atomic E-state index is -1.26. The highest BCUT2D eigenvalue weighted by molar-refractivity contribution is 5.89. The van der Waals surface area contributed by atoms with Gasteiger partial charge in [0.2, 0.25) is 0 Å². The minimum absolute atomic E-state index is 0.0658. The van der Waals surface area contributed by atoms with Crippen LogP contribution in [-0.2, 0) is 16.0 Å². The number of phenols is 2. The maximum atomic E-state index is 10.1. The first-order valence-corrected chi connectivity index (χ1v) is 8.99. The molecule has 2 aromatic rings. The Kier molecular flexibility index (Phi) is 9.87. The van der Waals surface area contributed by atoms with Gasteiger partial charge < -0.3 is 36.6 Å². The maximum Gasteiger partial charge on any atom is 0.328 e. The van der Waals surface area contributed by atoms with Crippen molar-refractivity contribution in [3.63, 3.8) is 0 Å². The van der Waals surface area contributed by atoms with E-state index in [4.69, 9.17) is 15.9 Å². The first-order valence-electron chi connectivity index (χ1n) is 8.99. The van der Waals surface area contributed by atoms with Crippen molar-refractivity contribution in [2.75, 3.05) is 12.3 Å². The third-order valence-corrected chi connectivity index (χ3v) is 3.86. The number of carbonyl (C=O) groups is 2. The van der Waals surface area contributed by atoms with Crippen molar-refractivity contribution in [1.82, 2.24) is 5.32 Å². The molecule has 0 aliphatic heterocycles. The number of hydrogen-bond acceptors (Lipinski definition) is 7. The lowest BCUT2D eigenvalue weighted by Gasteiger charge is -2.18. The average Bonchev–Trinajstić information content (AvgIpc) is 2.66. The van der Waals surface area contributed by atoms with Crippen LogP contribution in [0.15, 0.2) is 54.6 Å². The van der Waals surface area contributed by atoms with Gasteiger partial charge in [-0.25, -0.2) is 9.59 Å². The second-order valence-electron chi connectivity index (χ2n) is 6.56. The molecule has 0 aliphatic rings. The van der Waals surface area contributed by atoms with Gasteiger partial charge in [-0.05, 0) is 48.7 Å². The Morgan fingerprint density at radius 3 is 1.97 bits per heavy atom. The van der Waals surface area contributed by atoms with Gasteiger partial charge in [0.25, 0.3) is 0 Å². The fourth-order valence-corrected chi connectivity index (χ4v) is 2.46. The Morgan fingerprint density at radius 1 is 1.00 bits per heavy atom. The zero-order chi connectivity index (χ0) is 22.7. The Morgan fingerprint density at radius 2 is 1.50 bits per heavy atom. The number of carboxylic acids is 2. The van der Waals surface area contributed by atoms with Crippen molar-refractivity contribution in [2.45, 2.75) is 25.5 Å². The number of aliphatic hydroxyl groups is 1. The lowest BCUT2D eigenvalue weighted by molar-refractivity contribution is -0.134. The van der Waals surface area contributed by atoms with Crippen molar-refractivity contribution in [3.8, 4) is 11.5 Å². The molecule has 2 rings (SSSR count). The van der Waals surface area contributed by atoms with Crippen LogP contribution in [0.1, 0.15) is 24.2 Å². The van der Waals surface area contributed by atoms with Gasteiger partial charge in [0, 0.05) is 36.5 Å². The van der Waals surface area contributed by atoms with Crippen LogP contribution in [0, 0.1) is 0 Å². The van der Waals surface area contributed by atoms with Crippen LogP contribution in [0.3, 0.4) is 0 Å². The van der Waals surface area contributed by atoms with E-state index >= 15 is 0 Å². The Labute approximate surface area is 173 Å². The fourth-order valence-electron chi connectivity index (χ4n) is 2.46. The molecule has 9 heteroatoms. The highest BCUT2D eigenvalue weighted by atomic mass is 16.4. The molecule has 0 aliphatic carbocycles. The molecule has 0 amide bonds. The van der Waals surface area contributed by atoms with Gasteiger partial charge in [0.05, 0.1) is 6.10 Å². The van der Waals surface area contributed by atoms with Crippen molar-refractivity contribution < 1.29 is 35.1 Å². The molecule has 0 bridgehead atoms. The summed E-state index contributed by atoms with van der Waals surface area (Å²) in [6.45, 7) is 2.36. The van der Waals surface area contributed by atoms with Crippen LogP contribution in [0.5, 0.6) is 11.5 Å². The fraction of sp³-hybridized carbons (Fsp3) is 0.238. The van der Waals surface area contributed by atoms with Crippen molar-refractivity contribution in [2.24, 2.45) is 0 Å². The van der Waals surface area contributed by atoms with Crippen LogP contribution in [0.4, 0.5) is 5.69 Å². The summed E-state index contributed by atoms with van der Waals surface area (Å²) < 4.78 is 0. The third-order valence-electron chi connectivity index (χ3n) is 3.86. The van der Waals surface area contributed by atoms with E-state index in [1.807, 2.05) is 31.2 Å². The summed E-state index contributed by atoms with van der Waals surface area (Å²) in [4.78, 5) is 19.1. The molecular formula is C21H26N2O7. The largest absolute Gasteiger partial charge is 0.508 e. The minimum Gasteiger partial charge on any atom is -0.508 e. The highest BCUT2D eigenvalue weighted by Gasteiger charge is 2.12. The molecule has 0 spiro atoms. The van der Waals surface area contributed by atoms with Gasteiger partial charge in [0.1, 0.15) is 11.5 Å². The molecule has 9 nitrogen and oxygen atoms in total. The van der Waals surface area contributed by atoms with E-state index in [0.717, 1.165) is 12.1 Å². The molecule has 0 unspecified atom stereocenters. The molecule has 30 heavy (non-hydrogen) atoms. The second-order valence-corrected chi connectivity index (χ2v) is 6.56. The summed E-state index contributed by atoms with van der Waals surface area (Å²) in [6, 6.07) is 12.0. The smallest absolute Gasteiger partial charge is 0.328 e. The molecule has 2 aromatic carbocycles. The van der Waals surface area contributed by atoms with Gasteiger partial charge in [-0.15, -0.1) is 0 Å². The summed E-state index contributed by atoms with van der Waals surface area (Å²) in [7, 11) is 0. The molecule has 8 N–H and O–H groups in total. The van der Waals surface area contributed by atoms with E-state index < -0.39 is 18.0 Å². The number of carboxylic acid groups (broad SMARTS) is 2. The van der Waals surface area contributed by atoms with Crippen LogP contribution < -0.4 is 11.1 Å². The molecule has 0 radical (unpaired) electrons. The summed E-state index contributed by atoms with van der Waals surface area (Å²) in [5.74, 6) is -2.65. The Balaban J connectivity index is 0.000000479. The monoisotopic (exact) mass is 418 g/mol. The predicted molar refractivity (Wildman–Crippen MR) is 111 cm³/mol. The number of aliphatic hydroxyl groups excluding tert-OH is 1. The molecule has 0 aromatic heterocycles. The number of aromatic hydroxyl groups is 2. The van der Waals surface area contributed by atoms with Crippen LogP contribution >= 0.6 is 0 Å². The molecule has 0 heterocycles. The number of nitrogen functional groups attached to an aromatic ring is 1. The Bertz CT molecular complexity index is 830. The number of nitrogens with one attached hydrogen (secondary N) is 1. The summed E-state index contributed by atoms with van der Waals surface area (Å²) >= 11 is 0. The first-order chi connectivity index (χ1) is 14.1. The normalized spacial score (nSPS) is 12.6. The number of aliphatic carboxylic acids is 2. The molecular weight excluding hydrogens is 392 g/mol. The first kappa shape index (κ1) is 24.5. The summed E-state index contributed by atoms with van der Waals surface area (Å²) in [5.41, 5.74) is 8.04. The molecule has 162 valence electrons. The number of rotatable bonds is 8. The maximum absolute atomic E-state index is 10.1. The quantitative estimate of drug-likeness (QED) is 0.248. The van der Waals surface area contributed by atoms with E-state index in [1.54, 1.807) is 0 Å². The number of benzene rings is 2. The Hall–Kier alpha value is -3.56. The third kappa shape index (κ3) is 10.1. The van der Waals surface area contributed by atoms with Crippen molar-refractivity contribution in [3.05, 3.63) is 65.7 Å². The second kappa shape index (κ2) is 12.1. The van der Waals surface area contributed by atoms with Crippen LogP contribution in [-0.4, -0.2) is 50.1 Å². The van der Waals surface area contributed by atoms with Gasteiger partial charge in [-0.1, -0.05) is 12.1 Å². The van der Waals surface area contributed by atoms with Gasteiger partial charge in [-0.2, -0.15) is 0 Å². The number of anilines is 1. The SMILES string of the molecule is C[C@H](Cc1ccc(N)cc1)NC[C@@H](O)c1cc(O)cc(O)c1.O=C(O)/C=C/C(=O)O. The van der Waals surface area contributed by atoms with E-state index in [-0.39, 0.29) is 17.5 Å². The summed E-state index contributed by atoms with van der Waals surface area (Å²) in [5, 5.41) is 47.9. The molecule has 0 fully saturated rings. The van der Waals surface area contributed by atoms with Crippen LogP contribution in [0.2, 0.25) is 0 Å². The molecule has 2 atom stereocenters. The summed E-state index contributed by atoms with van der Waals surface area (Å²) in [6.07, 6.45) is 1.13. The molecule has 0 saturated heterocycles. The standard InChI is InChI=1S/C17H22N2O3.C4H4O4/c1-11(6-12-2-4-14(18)5-3-12)19-10-17(22)13-7-15(20)9-16(21)8-13;5-3(6)1-2-4(7)8/h2-5,7-9,11,17,19-22H,6,10,18H2,1H3;1-2H,(H,5,6)(H,7,8)/b;2-1+/t11-,17-;/m1./s1. The zero-order valence-electron chi connectivity index (χ0n) is 16.4. The lowest BCUT2D eigenvalue weighted by atomic mass is 10.1. The number of nitrogens with two attached hydrogens (primary N) is 1. The van der Waals surface area contributed by atoms with E-state index in [9.17, 15) is 24.9 Å². The lowest BCUT2D eigenvalue weighted by Crippen LogP contribution is -2.32.